The molecule has 1 aliphatic carbocycles. The van der Waals surface area contributed by atoms with Crippen LogP contribution in [0.15, 0.2) is 18.2 Å². The zero-order chi connectivity index (χ0) is 12.4. The van der Waals surface area contributed by atoms with E-state index in [1.807, 2.05) is 0 Å². The molecule has 1 unspecified atom stereocenters. The van der Waals surface area contributed by atoms with E-state index in [4.69, 9.17) is 28.9 Å². The lowest BCUT2D eigenvalue weighted by Crippen LogP contribution is -2.38. The molecule has 2 rings (SSSR count). The van der Waals surface area contributed by atoms with E-state index in [0.29, 0.717) is 28.1 Å². The number of halogens is 3. The van der Waals surface area contributed by atoms with Crippen molar-refractivity contribution in [2.75, 3.05) is 6.54 Å². The third-order valence-electron chi connectivity index (χ3n) is 2.90. The van der Waals surface area contributed by atoms with Crippen molar-refractivity contribution in [3.63, 3.8) is 0 Å². The van der Waals surface area contributed by atoms with Gasteiger partial charge in [-0.05, 0) is 37.0 Å². The van der Waals surface area contributed by atoms with E-state index in [0.717, 1.165) is 0 Å². The van der Waals surface area contributed by atoms with E-state index in [1.54, 1.807) is 18.2 Å². The van der Waals surface area contributed by atoms with Gasteiger partial charge < -0.3 is 11.1 Å². The lowest BCUT2D eigenvalue weighted by Gasteiger charge is -2.12. The molecule has 3 nitrogen and oxygen atoms in total. The summed E-state index contributed by atoms with van der Waals surface area (Å²) in [4.78, 5) is 11.8. The van der Waals surface area contributed by atoms with Crippen molar-refractivity contribution in [3.05, 3.63) is 33.8 Å². The second-order valence-corrected chi connectivity index (χ2v) is 5.18. The summed E-state index contributed by atoms with van der Waals surface area (Å²) >= 11 is 11.7. The highest BCUT2D eigenvalue weighted by atomic mass is 35.5. The highest BCUT2D eigenvalue weighted by molar-refractivity contribution is 6.36. The number of carbonyl (C=O) groups is 1. The molecule has 1 amide bonds. The number of benzene rings is 1. The van der Waals surface area contributed by atoms with Crippen LogP contribution in [0.3, 0.4) is 0 Å². The lowest BCUT2D eigenvalue weighted by atomic mass is 10.2. The fourth-order valence-corrected chi connectivity index (χ4v) is 2.16. The molecule has 1 aliphatic rings. The molecular weight excluding hydrogens is 295 g/mol. The zero-order valence-electron chi connectivity index (χ0n) is 9.66. The second kappa shape index (κ2) is 6.62. The van der Waals surface area contributed by atoms with Crippen LogP contribution in [0, 0.1) is 5.92 Å². The van der Waals surface area contributed by atoms with Gasteiger partial charge in [0.05, 0.1) is 10.6 Å². The smallest absolute Gasteiger partial charge is 0.252 e. The number of hydrogen-bond donors (Lipinski definition) is 2. The number of amides is 1. The van der Waals surface area contributed by atoms with Crippen molar-refractivity contribution in [3.8, 4) is 0 Å². The molecule has 1 saturated carbocycles. The fraction of sp³-hybridized carbons (Fsp3) is 0.417. The van der Waals surface area contributed by atoms with Crippen LogP contribution >= 0.6 is 35.6 Å². The van der Waals surface area contributed by atoms with Gasteiger partial charge in [0.2, 0.25) is 0 Å². The quantitative estimate of drug-likeness (QED) is 0.898. The van der Waals surface area contributed by atoms with Crippen molar-refractivity contribution in [1.29, 1.82) is 0 Å². The predicted molar refractivity (Wildman–Crippen MR) is 76.7 cm³/mol. The van der Waals surface area contributed by atoms with E-state index in [1.165, 1.54) is 12.8 Å². The lowest BCUT2D eigenvalue weighted by molar-refractivity contribution is 0.0950. The molecule has 1 atom stereocenters. The molecule has 0 bridgehead atoms. The Morgan fingerprint density at radius 1 is 1.44 bits per heavy atom. The molecule has 0 aromatic heterocycles. The maximum atomic E-state index is 11.8. The molecule has 1 fully saturated rings. The van der Waals surface area contributed by atoms with Crippen LogP contribution in [-0.2, 0) is 0 Å². The Hall–Kier alpha value is -0.480. The summed E-state index contributed by atoms with van der Waals surface area (Å²) in [5, 5.41) is 3.66. The van der Waals surface area contributed by atoms with Crippen molar-refractivity contribution >= 4 is 41.5 Å². The Balaban J connectivity index is 0.00000162. The van der Waals surface area contributed by atoms with E-state index in [9.17, 15) is 4.79 Å². The van der Waals surface area contributed by atoms with Crippen LogP contribution in [0.2, 0.25) is 10.0 Å². The van der Waals surface area contributed by atoms with Gasteiger partial charge in [-0.1, -0.05) is 23.2 Å². The van der Waals surface area contributed by atoms with E-state index < -0.39 is 0 Å². The number of nitrogens with two attached hydrogens (primary N) is 1. The van der Waals surface area contributed by atoms with Crippen molar-refractivity contribution in [1.82, 2.24) is 5.32 Å². The Morgan fingerprint density at radius 2 is 2.11 bits per heavy atom. The molecular formula is C12H15Cl3N2O. The van der Waals surface area contributed by atoms with Crippen LogP contribution < -0.4 is 11.1 Å². The predicted octanol–water partition coefficient (Wildman–Crippen LogP) is 2.88. The molecule has 6 heteroatoms. The van der Waals surface area contributed by atoms with E-state index in [2.05, 4.69) is 5.32 Å². The largest absolute Gasteiger partial charge is 0.350 e. The van der Waals surface area contributed by atoms with Gasteiger partial charge in [0.25, 0.3) is 5.91 Å². The first-order valence-corrected chi connectivity index (χ1v) is 6.32. The minimum absolute atomic E-state index is 0. The summed E-state index contributed by atoms with van der Waals surface area (Å²) in [5.74, 6) is 0.360. The molecule has 100 valence electrons. The van der Waals surface area contributed by atoms with Gasteiger partial charge >= 0.3 is 0 Å². The van der Waals surface area contributed by atoms with Crippen LogP contribution in [0.4, 0.5) is 0 Å². The van der Waals surface area contributed by atoms with Crippen molar-refractivity contribution < 1.29 is 4.79 Å². The average molecular weight is 310 g/mol. The first kappa shape index (κ1) is 15.6. The van der Waals surface area contributed by atoms with Gasteiger partial charge in [-0.25, -0.2) is 0 Å². The highest BCUT2D eigenvalue weighted by Crippen LogP contribution is 2.31. The summed E-state index contributed by atoms with van der Waals surface area (Å²) in [6, 6.07) is 4.86. The van der Waals surface area contributed by atoms with Crippen LogP contribution in [-0.4, -0.2) is 18.5 Å². The summed E-state index contributed by atoms with van der Waals surface area (Å²) < 4.78 is 0. The first-order chi connectivity index (χ1) is 8.08. The number of nitrogens with one attached hydrogen (secondary N) is 1. The van der Waals surface area contributed by atoms with Crippen molar-refractivity contribution in [2.45, 2.75) is 18.9 Å². The minimum atomic E-state index is -0.206. The number of carbonyl (C=O) groups excluding carboxylic acids is 1. The molecule has 0 aliphatic heterocycles. The Kier molecular flexibility index (Phi) is 5.73. The van der Waals surface area contributed by atoms with Crippen LogP contribution in [0.5, 0.6) is 0 Å². The molecule has 1 aromatic carbocycles. The highest BCUT2D eigenvalue weighted by Gasteiger charge is 2.28. The van der Waals surface area contributed by atoms with Gasteiger partial charge in [0.15, 0.2) is 0 Å². The van der Waals surface area contributed by atoms with Gasteiger partial charge in [-0.2, -0.15) is 0 Å². The van der Waals surface area contributed by atoms with Crippen LogP contribution in [0.1, 0.15) is 23.2 Å². The maximum Gasteiger partial charge on any atom is 0.252 e. The third-order valence-corrected chi connectivity index (χ3v) is 3.45. The van der Waals surface area contributed by atoms with Gasteiger partial charge in [-0.15, -0.1) is 12.4 Å². The number of rotatable bonds is 4. The Bertz CT molecular complexity index is 435. The van der Waals surface area contributed by atoms with E-state index >= 15 is 0 Å². The SMILES string of the molecule is Cl.NC(CNC(=O)c1ccc(Cl)cc1Cl)C1CC1. The average Bonchev–Trinajstić information content (AvgIpc) is 3.09. The summed E-state index contributed by atoms with van der Waals surface area (Å²) in [5.41, 5.74) is 6.33. The molecule has 3 N–H and O–H groups in total. The zero-order valence-corrected chi connectivity index (χ0v) is 12.0. The van der Waals surface area contributed by atoms with Crippen molar-refractivity contribution in [2.24, 2.45) is 11.7 Å². The fourth-order valence-electron chi connectivity index (χ4n) is 1.67. The molecule has 0 spiro atoms. The number of hydrogen-bond acceptors (Lipinski definition) is 2. The Labute approximate surface area is 122 Å². The Morgan fingerprint density at radius 3 is 2.67 bits per heavy atom. The molecule has 0 heterocycles. The van der Waals surface area contributed by atoms with Crippen LogP contribution in [0.25, 0.3) is 0 Å². The third kappa shape index (κ3) is 4.02. The summed E-state index contributed by atoms with van der Waals surface area (Å²) in [6.45, 7) is 0.489. The molecule has 1 aromatic rings. The maximum absolute atomic E-state index is 11.8. The second-order valence-electron chi connectivity index (χ2n) is 4.34. The molecule has 0 saturated heterocycles. The minimum Gasteiger partial charge on any atom is -0.350 e. The van der Waals surface area contributed by atoms with Gasteiger partial charge in [0, 0.05) is 17.6 Å². The summed E-state index contributed by atoms with van der Waals surface area (Å²) in [7, 11) is 0. The monoisotopic (exact) mass is 308 g/mol. The molecule has 18 heavy (non-hydrogen) atoms. The van der Waals surface area contributed by atoms with Gasteiger partial charge in [-0.3, -0.25) is 4.79 Å². The topological polar surface area (TPSA) is 55.1 Å². The summed E-state index contributed by atoms with van der Waals surface area (Å²) in [6.07, 6.45) is 2.33. The molecule has 0 radical (unpaired) electrons. The first-order valence-electron chi connectivity index (χ1n) is 5.57. The standard InChI is InChI=1S/C12H14Cl2N2O.ClH/c13-8-3-4-9(10(14)5-8)12(17)16-6-11(15)7-1-2-7;/h3-5,7,11H,1-2,6,15H2,(H,16,17);1H. The van der Waals surface area contributed by atoms with E-state index in [-0.39, 0.29) is 24.4 Å². The van der Waals surface area contributed by atoms with Gasteiger partial charge in [0.1, 0.15) is 0 Å². The normalized spacial score (nSPS) is 15.7.